The number of phenols is 1. The second-order valence-corrected chi connectivity index (χ2v) is 13.7. The highest BCUT2D eigenvalue weighted by atomic mass is 35.5. The minimum absolute atomic E-state index is 0.000367. The Morgan fingerprint density at radius 1 is 0.942 bits per heavy atom. The van der Waals surface area contributed by atoms with Crippen molar-refractivity contribution in [2.45, 2.75) is 58.7 Å². The Kier molecular flexibility index (Phi) is 12.9. The quantitative estimate of drug-likeness (QED) is 0.214. The fourth-order valence-electron chi connectivity index (χ4n) is 5.97. The molecule has 3 aromatic carbocycles. The third kappa shape index (κ3) is 9.38. The van der Waals surface area contributed by atoms with Crippen molar-refractivity contribution in [3.8, 4) is 28.7 Å². The van der Waals surface area contributed by atoms with E-state index in [4.69, 9.17) is 35.3 Å². The molecule has 0 saturated carbocycles. The van der Waals surface area contributed by atoms with Crippen molar-refractivity contribution in [2.75, 3.05) is 41.5 Å². The van der Waals surface area contributed by atoms with Crippen LogP contribution in [0.25, 0.3) is 0 Å². The summed E-state index contributed by atoms with van der Waals surface area (Å²) in [4.78, 5) is 57.6. The van der Waals surface area contributed by atoms with Crippen LogP contribution in [0.4, 0.5) is 4.79 Å². The van der Waals surface area contributed by atoms with Gasteiger partial charge in [0.05, 0.1) is 52.5 Å². The van der Waals surface area contributed by atoms with Gasteiger partial charge in [-0.05, 0) is 75.1 Å². The van der Waals surface area contributed by atoms with Crippen molar-refractivity contribution in [3.05, 3.63) is 75.8 Å². The summed E-state index contributed by atoms with van der Waals surface area (Å²) in [5.74, 6) is -1.18. The summed E-state index contributed by atoms with van der Waals surface area (Å²) < 4.78 is 27.6. The van der Waals surface area contributed by atoms with Crippen LogP contribution in [0.3, 0.4) is 0 Å². The number of aromatic hydroxyl groups is 1. The highest BCUT2D eigenvalue weighted by molar-refractivity contribution is 6.30. The molecule has 1 fully saturated rings. The maximum absolute atomic E-state index is 14.3. The monoisotopic (exact) mass is 739 g/mol. The van der Waals surface area contributed by atoms with Gasteiger partial charge in [-0.25, -0.2) is 9.59 Å². The van der Waals surface area contributed by atoms with E-state index < -0.39 is 47.9 Å². The number of urea groups is 1. The van der Waals surface area contributed by atoms with E-state index in [2.05, 4.69) is 5.32 Å². The highest BCUT2D eigenvalue weighted by Crippen LogP contribution is 2.36. The fraction of sp³-hybridized carbons (Fsp3) is 0.421. The summed E-state index contributed by atoms with van der Waals surface area (Å²) in [7, 11) is 5.99. The minimum Gasteiger partial charge on any atom is -0.507 e. The van der Waals surface area contributed by atoms with Crippen LogP contribution < -0.4 is 24.3 Å². The smallest absolute Gasteiger partial charge is 0.342 e. The number of benzene rings is 3. The number of phenolic OH excluding ortho intramolecular Hbond substituents is 1. The molecule has 0 aromatic heterocycles. The van der Waals surface area contributed by atoms with Crippen molar-refractivity contribution in [2.24, 2.45) is 5.92 Å². The molecule has 4 rings (SSSR count). The Morgan fingerprint density at radius 3 is 2.17 bits per heavy atom. The van der Waals surface area contributed by atoms with E-state index in [0.717, 1.165) is 4.90 Å². The zero-order valence-corrected chi connectivity index (χ0v) is 31.5. The molecule has 4 amide bonds. The van der Waals surface area contributed by atoms with E-state index in [-0.39, 0.29) is 30.8 Å². The molecule has 0 bridgehead atoms. The molecule has 0 spiro atoms. The third-order valence-corrected chi connectivity index (χ3v) is 8.80. The molecule has 1 aliphatic rings. The number of nitrogens with zero attached hydrogens (tertiary/aromatic N) is 2. The molecule has 280 valence electrons. The first-order valence-corrected chi connectivity index (χ1v) is 17.1. The number of methoxy groups -OCH3 is 4. The van der Waals surface area contributed by atoms with E-state index in [1.807, 2.05) is 6.92 Å². The average Bonchev–Trinajstić information content (AvgIpc) is 3.21. The van der Waals surface area contributed by atoms with Crippen molar-refractivity contribution < 1.29 is 48.0 Å². The lowest BCUT2D eigenvalue weighted by atomic mass is 9.96. The maximum Gasteiger partial charge on any atom is 0.342 e. The Hall–Kier alpha value is -5.17. The van der Waals surface area contributed by atoms with E-state index in [0.29, 0.717) is 51.1 Å². The number of carbonyl (C=O) groups is 4. The van der Waals surface area contributed by atoms with Gasteiger partial charge in [0.25, 0.3) is 0 Å². The summed E-state index contributed by atoms with van der Waals surface area (Å²) >= 11 is 6.33. The number of hydrogen-bond donors (Lipinski definition) is 2. The molecular weight excluding hydrogens is 694 g/mol. The molecule has 14 heteroatoms. The largest absolute Gasteiger partial charge is 0.507 e. The first-order chi connectivity index (χ1) is 24.6. The zero-order valence-electron chi connectivity index (χ0n) is 30.7. The van der Waals surface area contributed by atoms with Gasteiger partial charge >= 0.3 is 12.0 Å². The lowest BCUT2D eigenvalue weighted by molar-refractivity contribution is -0.135. The van der Waals surface area contributed by atoms with Gasteiger partial charge in [-0.3, -0.25) is 14.5 Å². The number of imide groups is 1. The van der Waals surface area contributed by atoms with Gasteiger partial charge in [0.1, 0.15) is 46.5 Å². The van der Waals surface area contributed by atoms with Crippen LogP contribution in [0.2, 0.25) is 5.02 Å². The van der Waals surface area contributed by atoms with Crippen molar-refractivity contribution in [1.29, 1.82) is 0 Å². The number of ether oxygens (including phenoxy) is 5. The first-order valence-electron chi connectivity index (χ1n) is 16.7. The van der Waals surface area contributed by atoms with Crippen LogP contribution in [0.15, 0.2) is 48.5 Å². The number of amides is 4. The van der Waals surface area contributed by atoms with Gasteiger partial charge in [-0.1, -0.05) is 24.6 Å². The lowest BCUT2D eigenvalue weighted by Gasteiger charge is -2.26. The average molecular weight is 740 g/mol. The molecule has 3 aromatic rings. The van der Waals surface area contributed by atoms with Gasteiger partial charge in [-0.15, -0.1) is 0 Å². The second-order valence-electron chi connectivity index (χ2n) is 13.3. The number of halogens is 1. The predicted molar refractivity (Wildman–Crippen MR) is 193 cm³/mol. The number of hydrogen-bond acceptors (Lipinski definition) is 10. The van der Waals surface area contributed by atoms with Gasteiger partial charge in [-0.2, -0.15) is 0 Å². The van der Waals surface area contributed by atoms with Gasteiger partial charge in [0.2, 0.25) is 11.8 Å². The van der Waals surface area contributed by atoms with E-state index in [9.17, 15) is 24.3 Å². The topological polar surface area (TPSA) is 153 Å². The van der Waals surface area contributed by atoms with Crippen LogP contribution in [-0.4, -0.2) is 85.9 Å². The second kappa shape index (κ2) is 16.9. The van der Waals surface area contributed by atoms with Gasteiger partial charge in [0, 0.05) is 23.7 Å². The van der Waals surface area contributed by atoms with E-state index in [1.54, 1.807) is 57.2 Å². The van der Waals surface area contributed by atoms with Crippen molar-refractivity contribution >= 4 is 35.4 Å². The molecule has 13 nitrogen and oxygen atoms in total. The van der Waals surface area contributed by atoms with Crippen molar-refractivity contribution in [3.63, 3.8) is 0 Å². The van der Waals surface area contributed by atoms with Gasteiger partial charge < -0.3 is 39.0 Å². The molecule has 2 unspecified atom stereocenters. The summed E-state index contributed by atoms with van der Waals surface area (Å²) in [6.07, 6.45) is 0.452. The number of nitrogens with one attached hydrogen (secondary N) is 1. The normalized spacial score (nSPS) is 15.4. The van der Waals surface area contributed by atoms with Crippen LogP contribution >= 0.6 is 11.6 Å². The number of esters is 1. The Balaban J connectivity index is 1.70. The number of carbonyl (C=O) groups excluding carboxylic acids is 4. The van der Waals surface area contributed by atoms with Crippen LogP contribution in [-0.2, 0) is 27.3 Å². The van der Waals surface area contributed by atoms with E-state index >= 15 is 0 Å². The molecule has 2 N–H and O–H groups in total. The summed E-state index contributed by atoms with van der Waals surface area (Å²) in [5, 5.41) is 13.7. The molecule has 1 saturated heterocycles. The molecule has 0 radical (unpaired) electrons. The summed E-state index contributed by atoms with van der Waals surface area (Å²) in [5.41, 5.74) is 0.775. The number of rotatable bonds is 12. The maximum atomic E-state index is 14.3. The Labute approximate surface area is 308 Å². The van der Waals surface area contributed by atoms with Gasteiger partial charge in [0.15, 0.2) is 0 Å². The third-order valence-electron chi connectivity index (χ3n) is 8.57. The van der Waals surface area contributed by atoms with Crippen LogP contribution in [0, 0.1) is 5.92 Å². The molecule has 1 heterocycles. The molecule has 0 aliphatic carbocycles. The molecule has 52 heavy (non-hydrogen) atoms. The predicted octanol–water partition coefficient (Wildman–Crippen LogP) is 5.93. The zero-order chi connectivity index (χ0) is 38.3. The Morgan fingerprint density at radius 2 is 1.60 bits per heavy atom. The Bertz CT molecular complexity index is 1780. The standard InChI is InChI=1S/C38H46ClN3O10/c1-9-29(22-10-12-30(43)27(16-22)36(46)52-38(2,3)4)40-37(47)42-21-34(44)41(20-28-32(50-7)17-26(48-5)18-33(28)51-8)19-24(35(42)45)14-23-15-25(39)11-13-31(23)49-6/h10-13,15-18,24,29,43H,9,14,19-21H2,1-8H3,(H,40,47). The van der Waals surface area contributed by atoms with E-state index in [1.165, 1.54) is 45.5 Å². The summed E-state index contributed by atoms with van der Waals surface area (Å²) in [6, 6.07) is 11.2. The lowest BCUT2D eigenvalue weighted by Crippen LogP contribution is -2.48. The molecule has 1 aliphatic heterocycles. The van der Waals surface area contributed by atoms with Crippen LogP contribution in [0.1, 0.15) is 67.2 Å². The molecular formula is C38H46ClN3O10. The fourth-order valence-corrected chi connectivity index (χ4v) is 6.16. The SMILES string of the molecule is CCC(NC(=O)N1CC(=O)N(Cc2c(OC)cc(OC)cc2OC)CC(Cc2cc(Cl)ccc2OC)C1=O)c1ccc(O)c(C(=O)OC(C)(C)C)c1. The van der Waals surface area contributed by atoms with Crippen molar-refractivity contribution in [1.82, 2.24) is 15.1 Å². The summed E-state index contributed by atoms with van der Waals surface area (Å²) in [6.45, 7) is 6.34. The highest BCUT2D eigenvalue weighted by Gasteiger charge is 2.39. The molecule has 2 atom stereocenters. The minimum atomic E-state index is -0.896. The van der Waals surface area contributed by atoms with Crippen LogP contribution in [0.5, 0.6) is 28.7 Å². The first kappa shape index (κ1) is 39.6.